The molecule has 1 unspecified atom stereocenters. The molecule has 0 bridgehead atoms. The molecule has 2 aliphatic rings. The Morgan fingerprint density at radius 1 is 1.39 bits per heavy atom. The van der Waals surface area contributed by atoms with Crippen LogP contribution in [0.2, 0.25) is 0 Å². The van der Waals surface area contributed by atoms with Gasteiger partial charge in [0.15, 0.2) is 10.9 Å². The van der Waals surface area contributed by atoms with Gasteiger partial charge in [0, 0.05) is 25.3 Å². The van der Waals surface area contributed by atoms with Crippen LogP contribution in [0.4, 0.5) is 5.13 Å². The van der Waals surface area contributed by atoms with E-state index in [2.05, 4.69) is 4.98 Å². The molecule has 0 spiro atoms. The van der Waals surface area contributed by atoms with Crippen LogP contribution in [0.15, 0.2) is 0 Å². The van der Waals surface area contributed by atoms with Crippen molar-refractivity contribution in [1.82, 2.24) is 4.98 Å². The Morgan fingerprint density at radius 3 is 2.89 bits per heavy atom. The molecule has 0 saturated carbocycles. The number of thiazole rings is 1. The molecule has 1 saturated heterocycles. The maximum Gasteiger partial charge on any atom is 0.229 e. The van der Waals surface area contributed by atoms with E-state index in [1.54, 1.807) is 4.90 Å². The van der Waals surface area contributed by atoms with E-state index in [9.17, 15) is 9.59 Å². The average molecular weight is 285 g/mol. The van der Waals surface area contributed by atoms with Gasteiger partial charge in [0.05, 0.1) is 10.6 Å². The van der Waals surface area contributed by atoms with E-state index in [4.69, 9.17) is 11.6 Å². The van der Waals surface area contributed by atoms with Gasteiger partial charge in [0.25, 0.3) is 0 Å². The molecule has 1 atom stereocenters. The van der Waals surface area contributed by atoms with Crippen molar-refractivity contribution in [3.05, 3.63) is 10.6 Å². The Hall–Kier alpha value is -0.940. The van der Waals surface area contributed by atoms with Crippen LogP contribution in [0, 0.1) is 5.92 Å². The minimum absolute atomic E-state index is 0.0687. The predicted molar refractivity (Wildman–Crippen MR) is 70.6 cm³/mol. The molecule has 0 radical (unpaired) electrons. The number of rotatable bonds is 2. The number of nitrogens with zero attached hydrogens (tertiary/aromatic N) is 2. The van der Waals surface area contributed by atoms with Crippen LogP contribution in [0.5, 0.6) is 0 Å². The molecule has 1 aliphatic heterocycles. The summed E-state index contributed by atoms with van der Waals surface area (Å²) in [5.41, 5.74) is 0.869. The SMILES string of the molecule is O=C1CCCc2nc(N3CC(CCl)CC3=O)sc21. The van der Waals surface area contributed by atoms with Crippen molar-refractivity contribution >= 4 is 39.8 Å². The molecule has 0 N–H and O–H groups in total. The quantitative estimate of drug-likeness (QED) is 0.783. The minimum atomic E-state index is 0.0687. The summed E-state index contributed by atoms with van der Waals surface area (Å²) in [5.74, 6) is 0.933. The smallest absolute Gasteiger partial charge is 0.229 e. The van der Waals surface area contributed by atoms with Crippen molar-refractivity contribution < 1.29 is 9.59 Å². The average Bonchev–Trinajstić information content (AvgIpc) is 2.93. The molecule has 6 heteroatoms. The van der Waals surface area contributed by atoms with E-state index >= 15 is 0 Å². The third kappa shape index (κ3) is 1.95. The van der Waals surface area contributed by atoms with Gasteiger partial charge in [0.2, 0.25) is 5.91 Å². The second-order valence-electron chi connectivity index (χ2n) is 4.78. The lowest BCUT2D eigenvalue weighted by molar-refractivity contribution is -0.117. The number of carbonyl (C=O) groups is 2. The van der Waals surface area contributed by atoms with Crippen LogP contribution in [0.25, 0.3) is 0 Å². The van der Waals surface area contributed by atoms with Crippen molar-refractivity contribution in [2.45, 2.75) is 25.7 Å². The van der Waals surface area contributed by atoms with Gasteiger partial charge in [-0.25, -0.2) is 4.98 Å². The number of ketones is 1. The molecular formula is C12H13ClN2O2S. The summed E-state index contributed by atoms with van der Waals surface area (Å²) in [5, 5.41) is 0.674. The molecule has 18 heavy (non-hydrogen) atoms. The van der Waals surface area contributed by atoms with E-state index in [0.717, 1.165) is 23.4 Å². The Bertz CT molecular complexity index is 514. The fraction of sp³-hybridized carbons (Fsp3) is 0.583. The number of alkyl halides is 1. The second kappa shape index (κ2) is 4.63. The maximum absolute atomic E-state index is 11.9. The summed E-state index contributed by atoms with van der Waals surface area (Å²) >= 11 is 7.16. The number of Topliss-reactive ketones (excluding diaryl/α,β-unsaturated/α-hetero) is 1. The number of anilines is 1. The lowest BCUT2D eigenvalue weighted by atomic mass is 10.0. The largest absolute Gasteiger partial charge is 0.293 e. The molecule has 1 amide bonds. The summed E-state index contributed by atoms with van der Waals surface area (Å²) in [6.07, 6.45) is 2.81. The number of fused-ring (bicyclic) bond motifs is 1. The first-order valence-corrected chi connectivity index (χ1v) is 7.43. The van der Waals surface area contributed by atoms with E-state index in [1.807, 2.05) is 0 Å². The monoisotopic (exact) mass is 284 g/mol. The fourth-order valence-electron chi connectivity index (χ4n) is 2.44. The van der Waals surface area contributed by atoms with E-state index in [0.29, 0.717) is 30.4 Å². The highest BCUT2D eigenvalue weighted by Gasteiger charge is 2.33. The Labute approximate surface area is 114 Å². The van der Waals surface area contributed by atoms with Crippen molar-refractivity contribution in [2.75, 3.05) is 17.3 Å². The Balaban J connectivity index is 1.89. The number of hydrogen-bond acceptors (Lipinski definition) is 4. The number of halogens is 1. The normalized spacial score (nSPS) is 23.6. The van der Waals surface area contributed by atoms with Gasteiger partial charge in [-0.15, -0.1) is 11.6 Å². The van der Waals surface area contributed by atoms with Crippen molar-refractivity contribution in [3.8, 4) is 0 Å². The lowest BCUT2D eigenvalue weighted by Crippen LogP contribution is -2.24. The number of amides is 1. The van der Waals surface area contributed by atoms with Gasteiger partial charge in [-0.2, -0.15) is 0 Å². The number of aromatic nitrogens is 1. The summed E-state index contributed by atoms with van der Waals surface area (Å²) in [6.45, 7) is 0.628. The number of hydrogen-bond donors (Lipinski definition) is 0. The van der Waals surface area contributed by atoms with Crippen LogP contribution in [0.1, 0.15) is 34.6 Å². The highest BCUT2D eigenvalue weighted by Crippen LogP contribution is 2.34. The summed E-state index contributed by atoms with van der Waals surface area (Å²) in [6, 6.07) is 0. The molecule has 0 aromatic carbocycles. The van der Waals surface area contributed by atoms with Gasteiger partial charge in [-0.05, 0) is 18.8 Å². The molecular weight excluding hydrogens is 272 g/mol. The maximum atomic E-state index is 11.9. The molecule has 1 aliphatic carbocycles. The lowest BCUT2D eigenvalue weighted by Gasteiger charge is -2.11. The van der Waals surface area contributed by atoms with Gasteiger partial charge < -0.3 is 0 Å². The van der Waals surface area contributed by atoms with Gasteiger partial charge in [-0.3, -0.25) is 14.5 Å². The van der Waals surface area contributed by atoms with E-state index in [1.165, 1.54) is 11.3 Å². The Kier molecular flexibility index (Phi) is 3.11. The third-order valence-corrected chi connectivity index (χ3v) is 5.01. The summed E-state index contributed by atoms with van der Waals surface area (Å²) in [7, 11) is 0. The minimum Gasteiger partial charge on any atom is -0.293 e. The number of aryl methyl sites for hydroxylation is 1. The van der Waals surface area contributed by atoms with E-state index in [-0.39, 0.29) is 17.6 Å². The first-order chi connectivity index (χ1) is 8.69. The van der Waals surface area contributed by atoms with Gasteiger partial charge in [0.1, 0.15) is 0 Å². The van der Waals surface area contributed by atoms with Crippen LogP contribution in [-0.4, -0.2) is 29.1 Å². The standard InChI is InChI=1S/C12H13ClN2O2S/c13-5-7-4-10(17)15(6-7)12-14-8-2-1-3-9(16)11(8)18-12/h7H,1-6H2. The van der Waals surface area contributed by atoms with E-state index < -0.39 is 0 Å². The molecule has 2 heterocycles. The van der Waals surface area contributed by atoms with Crippen LogP contribution in [-0.2, 0) is 11.2 Å². The number of carbonyl (C=O) groups excluding carboxylic acids is 2. The molecule has 1 aromatic rings. The van der Waals surface area contributed by atoms with Gasteiger partial charge in [-0.1, -0.05) is 11.3 Å². The highest BCUT2D eigenvalue weighted by atomic mass is 35.5. The second-order valence-corrected chi connectivity index (χ2v) is 6.06. The molecule has 1 aromatic heterocycles. The first kappa shape index (κ1) is 12.1. The van der Waals surface area contributed by atoms with Gasteiger partial charge >= 0.3 is 0 Å². The molecule has 96 valence electrons. The van der Waals surface area contributed by atoms with Crippen molar-refractivity contribution in [2.24, 2.45) is 5.92 Å². The zero-order valence-corrected chi connectivity index (χ0v) is 11.4. The van der Waals surface area contributed by atoms with Crippen LogP contribution >= 0.6 is 22.9 Å². The third-order valence-electron chi connectivity index (χ3n) is 3.41. The molecule has 1 fully saturated rings. The topological polar surface area (TPSA) is 50.3 Å². The zero-order chi connectivity index (χ0) is 12.7. The summed E-state index contributed by atoms with van der Waals surface area (Å²) < 4.78 is 0. The van der Waals surface area contributed by atoms with Crippen LogP contribution < -0.4 is 4.90 Å². The van der Waals surface area contributed by atoms with Crippen molar-refractivity contribution in [1.29, 1.82) is 0 Å². The van der Waals surface area contributed by atoms with Crippen LogP contribution in [0.3, 0.4) is 0 Å². The zero-order valence-electron chi connectivity index (χ0n) is 9.82. The Morgan fingerprint density at radius 2 is 2.22 bits per heavy atom. The van der Waals surface area contributed by atoms with Crippen molar-refractivity contribution in [3.63, 3.8) is 0 Å². The first-order valence-electron chi connectivity index (χ1n) is 6.08. The molecule has 3 rings (SSSR count). The predicted octanol–water partition coefficient (Wildman–Crippen LogP) is 2.25. The molecule has 4 nitrogen and oxygen atoms in total. The fourth-order valence-corrected chi connectivity index (χ4v) is 3.75. The summed E-state index contributed by atoms with van der Waals surface area (Å²) in [4.78, 5) is 30.5. The highest BCUT2D eigenvalue weighted by molar-refractivity contribution is 7.17.